The summed E-state index contributed by atoms with van der Waals surface area (Å²) in [7, 11) is 0. The molecular weight excluding hydrogens is 264 g/mol. The molecule has 0 spiro atoms. The lowest BCUT2D eigenvalue weighted by Gasteiger charge is -2.17. The lowest BCUT2D eigenvalue weighted by Crippen LogP contribution is -2.15. The highest BCUT2D eigenvalue weighted by Gasteiger charge is 2.42. The third-order valence-electron chi connectivity index (χ3n) is 3.37. The van der Waals surface area contributed by atoms with E-state index in [1.54, 1.807) is 0 Å². The first-order valence-electron chi connectivity index (χ1n) is 5.83. The van der Waals surface area contributed by atoms with Gasteiger partial charge in [-0.25, -0.2) is 0 Å². The van der Waals surface area contributed by atoms with Gasteiger partial charge < -0.3 is 4.74 Å². The van der Waals surface area contributed by atoms with Crippen LogP contribution in [0.3, 0.4) is 0 Å². The van der Waals surface area contributed by atoms with Crippen LogP contribution in [0.1, 0.15) is 29.5 Å². The second-order valence-electron chi connectivity index (χ2n) is 5.15. The van der Waals surface area contributed by atoms with Crippen LogP contribution in [0.25, 0.3) is 0 Å². The van der Waals surface area contributed by atoms with Gasteiger partial charge in [-0.05, 0) is 44.7 Å². The van der Waals surface area contributed by atoms with Gasteiger partial charge >= 0.3 is 0 Å². The van der Waals surface area contributed by atoms with Crippen molar-refractivity contribution >= 4 is 15.9 Å². The van der Waals surface area contributed by atoms with Gasteiger partial charge in [-0.1, -0.05) is 33.6 Å². The number of hydrogen-bond acceptors (Lipinski definition) is 1. The monoisotopic (exact) mass is 282 g/mol. The molecule has 1 aliphatic rings. The third kappa shape index (κ3) is 2.42. The van der Waals surface area contributed by atoms with Crippen LogP contribution in [0.5, 0.6) is 5.75 Å². The first-order chi connectivity index (χ1) is 7.56. The average Bonchev–Trinajstić information content (AvgIpc) is 2.97. The van der Waals surface area contributed by atoms with Gasteiger partial charge in [-0.3, -0.25) is 0 Å². The highest BCUT2D eigenvalue weighted by Crippen LogP contribution is 2.47. The molecule has 0 aromatic heterocycles. The number of benzene rings is 1. The van der Waals surface area contributed by atoms with E-state index in [0.717, 1.165) is 17.7 Å². The van der Waals surface area contributed by atoms with Gasteiger partial charge in [0.15, 0.2) is 0 Å². The first kappa shape index (κ1) is 12.0. The molecule has 0 heterocycles. The molecule has 0 amide bonds. The molecule has 0 unspecified atom stereocenters. The Morgan fingerprint density at radius 2 is 1.75 bits per heavy atom. The molecule has 16 heavy (non-hydrogen) atoms. The number of alkyl halides is 1. The summed E-state index contributed by atoms with van der Waals surface area (Å²) in [6.45, 7) is 7.24. The summed E-state index contributed by atoms with van der Waals surface area (Å²) in [5.41, 5.74) is 4.23. The van der Waals surface area contributed by atoms with Crippen molar-refractivity contribution in [1.29, 1.82) is 0 Å². The second-order valence-corrected chi connectivity index (χ2v) is 5.71. The standard InChI is InChI=1S/C14H19BrO/c1-10-6-11(2)13(12(3)7-10)16-9-14(8-15)4-5-14/h6-7H,4-5,8-9H2,1-3H3. The average molecular weight is 283 g/mol. The summed E-state index contributed by atoms with van der Waals surface area (Å²) < 4.78 is 6.01. The molecule has 0 N–H and O–H groups in total. The Bertz CT molecular complexity index is 371. The van der Waals surface area contributed by atoms with Crippen molar-refractivity contribution in [3.8, 4) is 5.75 Å². The summed E-state index contributed by atoms with van der Waals surface area (Å²) in [5, 5.41) is 1.06. The molecule has 1 aliphatic carbocycles. The Balaban J connectivity index is 2.09. The van der Waals surface area contributed by atoms with Crippen LogP contribution in [-0.2, 0) is 0 Å². The minimum Gasteiger partial charge on any atom is -0.492 e. The summed E-state index contributed by atoms with van der Waals surface area (Å²) >= 11 is 3.58. The van der Waals surface area contributed by atoms with Crippen molar-refractivity contribution in [1.82, 2.24) is 0 Å². The molecule has 2 heteroatoms. The van der Waals surface area contributed by atoms with E-state index in [-0.39, 0.29) is 0 Å². The maximum atomic E-state index is 6.01. The van der Waals surface area contributed by atoms with Crippen LogP contribution in [-0.4, -0.2) is 11.9 Å². The number of hydrogen-bond donors (Lipinski definition) is 0. The second kappa shape index (κ2) is 4.40. The van der Waals surface area contributed by atoms with Crippen LogP contribution in [0.2, 0.25) is 0 Å². The topological polar surface area (TPSA) is 9.23 Å². The summed E-state index contributed by atoms with van der Waals surface area (Å²) in [5.74, 6) is 1.08. The smallest absolute Gasteiger partial charge is 0.125 e. The Morgan fingerprint density at radius 1 is 1.19 bits per heavy atom. The molecule has 1 fully saturated rings. The van der Waals surface area contributed by atoms with Crippen molar-refractivity contribution in [2.45, 2.75) is 33.6 Å². The molecule has 2 rings (SSSR count). The third-order valence-corrected chi connectivity index (χ3v) is 4.56. The fourth-order valence-corrected chi connectivity index (χ4v) is 2.84. The van der Waals surface area contributed by atoms with Crippen LogP contribution in [0, 0.1) is 26.2 Å². The van der Waals surface area contributed by atoms with Crippen molar-refractivity contribution in [2.24, 2.45) is 5.41 Å². The first-order valence-corrected chi connectivity index (χ1v) is 6.95. The summed E-state index contributed by atoms with van der Waals surface area (Å²) in [4.78, 5) is 0. The Hall–Kier alpha value is -0.500. The summed E-state index contributed by atoms with van der Waals surface area (Å²) in [6.07, 6.45) is 2.59. The molecule has 0 bridgehead atoms. The molecule has 0 saturated heterocycles. The molecular formula is C14H19BrO. The van der Waals surface area contributed by atoms with Gasteiger partial charge in [-0.15, -0.1) is 0 Å². The maximum absolute atomic E-state index is 6.01. The van der Waals surface area contributed by atoms with E-state index >= 15 is 0 Å². The molecule has 88 valence electrons. The Kier molecular flexibility index (Phi) is 3.29. The minimum absolute atomic E-state index is 0.420. The number of rotatable bonds is 4. The zero-order valence-electron chi connectivity index (χ0n) is 10.3. The predicted molar refractivity (Wildman–Crippen MR) is 71.6 cm³/mol. The molecule has 1 saturated carbocycles. The number of halogens is 1. The Morgan fingerprint density at radius 3 is 2.19 bits per heavy atom. The molecule has 0 radical (unpaired) electrons. The van der Waals surface area contributed by atoms with E-state index in [1.807, 2.05) is 0 Å². The van der Waals surface area contributed by atoms with Crippen LogP contribution < -0.4 is 4.74 Å². The number of aryl methyl sites for hydroxylation is 3. The fourth-order valence-electron chi connectivity index (χ4n) is 2.11. The van der Waals surface area contributed by atoms with Gasteiger partial charge in [0.2, 0.25) is 0 Å². The van der Waals surface area contributed by atoms with E-state index in [4.69, 9.17) is 4.74 Å². The van der Waals surface area contributed by atoms with Crippen molar-refractivity contribution in [3.05, 3.63) is 28.8 Å². The highest BCUT2D eigenvalue weighted by atomic mass is 79.9. The highest BCUT2D eigenvalue weighted by molar-refractivity contribution is 9.09. The number of ether oxygens (including phenoxy) is 1. The SMILES string of the molecule is Cc1cc(C)c(OCC2(CBr)CC2)c(C)c1. The van der Waals surface area contributed by atoms with E-state index in [2.05, 4.69) is 48.8 Å². The van der Waals surface area contributed by atoms with Crippen molar-refractivity contribution < 1.29 is 4.74 Å². The molecule has 1 aromatic rings. The molecule has 1 nitrogen and oxygen atoms in total. The van der Waals surface area contributed by atoms with Gasteiger partial charge in [0.1, 0.15) is 5.75 Å². The Labute approximate surface area is 106 Å². The molecule has 0 aliphatic heterocycles. The summed E-state index contributed by atoms with van der Waals surface area (Å²) in [6, 6.07) is 4.38. The van der Waals surface area contributed by atoms with E-state index < -0.39 is 0 Å². The predicted octanol–water partition coefficient (Wildman–Crippen LogP) is 4.17. The van der Waals surface area contributed by atoms with E-state index in [9.17, 15) is 0 Å². The van der Waals surface area contributed by atoms with Gasteiger partial charge in [-0.2, -0.15) is 0 Å². The normalized spacial score (nSPS) is 17.2. The van der Waals surface area contributed by atoms with Crippen molar-refractivity contribution in [3.63, 3.8) is 0 Å². The zero-order chi connectivity index (χ0) is 11.8. The van der Waals surface area contributed by atoms with Crippen LogP contribution >= 0.6 is 15.9 Å². The quantitative estimate of drug-likeness (QED) is 0.754. The fraction of sp³-hybridized carbons (Fsp3) is 0.571. The van der Waals surface area contributed by atoms with E-state index in [1.165, 1.54) is 29.5 Å². The van der Waals surface area contributed by atoms with Gasteiger partial charge in [0.25, 0.3) is 0 Å². The largest absolute Gasteiger partial charge is 0.492 e. The van der Waals surface area contributed by atoms with Crippen molar-refractivity contribution in [2.75, 3.05) is 11.9 Å². The molecule has 1 aromatic carbocycles. The van der Waals surface area contributed by atoms with E-state index in [0.29, 0.717) is 5.41 Å². The lowest BCUT2D eigenvalue weighted by atomic mass is 10.1. The van der Waals surface area contributed by atoms with Gasteiger partial charge in [0, 0.05) is 10.7 Å². The van der Waals surface area contributed by atoms with Crippen LogP contribution in [0.15, 0.2) is 12.1 Å². The lowest BCUT2D eigenvalue weighted by molar-refractivity contribution is 0.248. The van der Waals surface area contributed by atoms with Crippen LogP contribution in [0.4, 0.5) is 0 Å². The van der Waals surface area contributed by atoms with Gasteiger partial charge in [0.05, 0.1) is 6.61 Å². The minimum atomic E-state index is 0.420. The zero-order valence-corrected chi connectivity index (χ0v) is 11.9. The maximum Gasteiger partial charge on any atom is 0.125 e. The molecule has 0 atom stereocenters.